The van der Waals surface area contributed by atoms with Gasteiger partial charge in [0, 0.05) is 78.3 Å². The van der Waals surface area contributed by atoms with Gasteiger partial charge in [-0.25, -0.2) is 39.1 Å². The molecule has 43 heteroatoms. The van der Waals surface area contributed by atoms with Crippen molar-refractivity contribution in [2.24, 2.45) is 20.0 Å². The number of aliphatic imine (C=N–C) groups is 4. The molecule has 12 amide bonds. The van der Waals surface area contributed by atoms with Crippen molar-refractivity contribution >= 4 is 185 Å². The van der Waals surface area contributed by atoms with E-state index in [-0.39, 0.29) is 79.8 Å². The van der Waals surface area contributed by atoms with Gasteiger partial charge in [-0.2, -0.15) is 8.42 Å². The molecule has 11 unspecified atom stereocenters. The van der Waals surface area contributed by atoms with Gasteiger partial charge in [-0.1, -0.05) is 137 Å². The molecule has 0 aliphatic carbocycles. The lowest BCUT2D eigenvalue weighted by atomic mass is 10.1. The van der Waals surface area contributed by atoms with Crippen LogP contribution in [-0.2, 0) is 76.1 Å². The van der Waals surface area contributed by atoms with E-state index in [0.717, 1.165) is 98.7 Å². The molecule has 7 fully saturated rings. The highest BCUT2D eigenvalue weighted by Crippen LogP contribution is 2.33. The van der Waals surface area contributed by atoms with Gasteiger partial charge in [-0.15, -0.1) is 0 Å². The normalized spacial score (nSPS) is 24.7. The van der Waals surface area contributed by atoms with Crippen LogP contribution < -0.4 is 16.0 Å². The summed E-state index contributed by atoms with van der Waals surface area (Å²) in [6, 6.07) is 17.9. The summed E-state index contributed by atoms with van der Waals surface area (Å²) in [7, 11) is 2.47. The van der Waals surface area contributed by atoms with Crippen LogP contribution in [0.15, 0.2) is 104 Å². The Morgan fingerprint density at radius 3 is 1.30 bits per heavy atom. The molecule has 7 saturated heterocycles. The van der Waals surface area contributed by atoms with Crippen LogP contribution in [-0.4, -0.2) is 302 Å². The third-order valence-corrected chi connectivity index (χ3v) is 23.8. The fraction of sp³-hybridized carbons (Fsp3) is 0.520. The first-order chi connectivity index (χ1) is 56.4. The number of rotatable bonds is 19. The summed E-state index contributed by atoms with van der Waals surface area (Å²) in [4.78, 5) is 127. The van der Waals surface area contributed by atoms with Crippen LogP contribution in [0.25, 0.3) is 0 Å². The first-order valence-electron chi connectivity index (χ1n) is 37.7. The number of nitrogens with one attached hydrogen (secondary N) is 3. The summed E-state index contributed by atoms with van der Waals surface area (Å²) >= 11 is 42.0. The second-order valence-electron chi connectivity index (χ2n) is 27.9. The maximum absolute atomic E-state index is 13.2. The molecule has 0 saturated carbocycles. The van der Waals surface area contributed by atoms with Gasteiger partial charge in [0.05, 0.1) is 99.9 Å². The van der Waals surface area contributed by atoms with E-state index >= 15 is 0 Å². The first kappa shape index (κ1) is 94.7. The second-order valence-corrected chi connectivity index (χ2v) is 33.2. The van der Waals surface area contributed by atoms with Gasteiger partial charge >= 0.3 is 24.1 Å². The number of nitrogens with zero attached hydrogens (tertiary/aromatic N) is 13. The number of alkyl halides is 2. The average Bonchev–Trinajstić information content (AvgIpc) is 1.61. The van der Waals surface area contributed by atoms with Gasteiger partial charge in [0.15, 0.2) is 61.7 Å². The Balaban J connectivity index is 0.000000164. The number of aryl methyl sites for hydroxylation is 1. The van der Waals surface area contributed by atoms with Crippen LogP contribution in [0.5, 0.6) is 0 Å². The molecule has 34 nitrogen and oxygen atoms in total. The van der Waals surface area contributed by atoms with Crippen molar-refractivity contribution in [3.05, 3.63) is 131 Å². The molecule has 0 spiro atoms. The number of fused-ring (bicyclic) bond motifs is 4. The highest BCUT2D eigenvalue weighted by atomic mass is 79.9. The molecule has 5 N–H and O–H groups in total. The highest BCUT2D eigenvalue weighted by Gasteiger charge is 2.52. The zero-order valence-corrected chi connectivity index (χ0v) is 73.6. The number of ether oxygens (including phenoxy) is 6. The van der Waals surface area contributed by atoms with E-state index in [1.165, 1.54) is 67.1 Å². The number of aliphatic hydroxyl groups excluding tert-OH is 1. The number of carbonyl (C=O) groups is 8. The zero-order chi connectivity index (χ0) is 85.5. The molecular weight excluding hydrogens is 1820 g/mol. The van der Waals surface area contributed by atoms with Crippen molar-refractivity contribution in [2.45, 2.75) is 156 Å². The van der Waals surface area contributed by atoms with E-state index in [1.54, 1.807) is 100 Å². The van der Waals surface area contributed by atoms with Crippen molar-refractivity contribution in [1.82, 2.24) is 60.0 Å². The summed E-state index contributed by atoms with van der Waals surface area (Å²) in [6.07, 6.45) is 13.7. The number of hydrogen-bond donors (Lipinski definition) is 5. The van der Waals surface area contributed by atoms with E-state index < -0.39 is 76.9 Å². The summed E-state index contributed by atoms with van der Waals surface area (Å²) in [5.41, 5.74) is 3.51. The van der Waals surface area contributed by atoms with E-state index in [1.807, 2.05) is 28.9 Å². The van der Waals surface area contributed by atoms with Crippen molar-refractivity contribution in [1.29, 1.82) is 0 Å². The van der Waals surface area contributed by atoms with E-state index in [9.17, 15) is 46.8 Å². The Kier molecular flexibility index (Phi) is 36.6. The molecule has 15 rings (SSSR count). The molecule has 118 heavy (non-hydrogen) atoms. The third kappa shape index (κ3) is 25.7. The first-order valence-corrected chi connectivity index (χ1v) is 43.6. The lowest BCUT2D eigenvalue weighted by Crippen LogP contribution is -2.64. The number of benzene rings is 4. The Morgan fingerprint density at radius 1 is 0.492 bits per heavy atom. The minimum Gasteiger partial charge on any atom is -0.395 e. The SMILES string of the molecule is BrCCOC1CCCCO1.CN1C(=O)N(Cc2ccc(Cl)c(Cl)c2)C(=O)C2C1N=CN2CCO.CN1C(=O)N(Cc2ccc(Cl)c(Cl)c2)C(=O)C2C1N=CN2CCOC1CCCCO1.CN1C(=O)NC(=O)C2C1N=CN2CCOC1CCCCO1.CN1C(=O)NC(=O)C2NC=NC21.Cc1ccc(S(=O)(=O)O)cc1.Clc1ccc(CBr)cc1Cl. The lowest BCUT2D eigenvalue weighted by molar-refractivity contribution is -0.164. The number of hydrogen-bond acceptors (Lipinski definition) is 25. The third-order valence-electron chi connectivity index (χ3n) is 19.7. The molecule has 0 bridgehead atoms. The quantitative estimate of drug-likeness (QED) is 0.0430. The molecule has 4 aromatic rings. The Labute approximate surface area is 730 Å². The topological polar surface area (TPSA) is 381 Å². The van der Waals surface area contributed by atoms with Crippen LogP contribution in [0.2, 0.25) is 30.1 Å². The Hall–Kier alpha value is -7.15. The van der Waals surface area contributed by atoms with Crippen molar-refractivity contribution in [2.75, 3.05) is 99.4 Å². The van der Waals surface area contributed by atoms with E-state index in [4.69, 9.17) is 108 Å². The second kappa shape index (κ2) is 45.7. The largest absolute Gasteiger partial charge is 0.395 e. The van der Waals surface area contributed by atoms with Gasteiger partial charge in [0.25, 0.3) is 33.7 Å². The molecular formula is C75H94Br2Cl6N16O18S. The van der Waals surface area contributed by atoms with Crippen LogP contribution in [0, 0.1) is 6.92 Å². The van der Waals surface area contributed by atoms with Crippen molar-refractivity contribution in [3.63, 3.8) is 0 Å². The van der Waals surface area contributed by atoms with Gasteiger partial charge in [0.1, 0.15) is 6.04 Å². The van der Waals surface area contributed by atoms with Crippen molar-refractivity contribution in [3.8, 4) is 0 Å². The predicted octanol–water partition coefficient (Wildman–Crippen LogP) is 9.69. The molecule has 644 valence electrons. The van der Waals surface area contributed by atoms with Gasteiger partial charge < -0.3 is 73.1 Å². The molecule has 11 aliphatic heterocycles. The van der Waals surface area contributed by atoms with Crippen LogP contribution in [0.3, 0.4) is 0 Å². The van der Waals surface area contributed by atoms with Crippen LogP contribution in [0.1, 0.15) is 80.0 Å². The number of halogens is 8. The fourth-order valence-corrected chi connectivity index (χ4v) is 15.2. The minimum absolute atomic E-state index is 0.0666. The number of β-amino-alcohol motifs (C(OH)–C–C–N with tert-alkyl or cyclic N) is 1. The molecule has 0 aromatic heterocycles. The summed E-state index contributed by atoms with van der Waals surface area (Å²) < 4.78 is 62.8. The lowest BCUT2D eigenvalue weighted by Gasteiger charge is -2.41. The van der Waals surface area contributed by atoms with Crippen LogP contribution in [0.4, 0.5) is 19.2 Å². The number of urea groups is 4. The Bertz CT molecular complexity index is 4390. The number of imide groups is 4. The van der Waals surface area contributed by atoms with Crippen LogP contribution >= 0.6 is 101 Å². The van der Waals surface area contributed by atoms with Gasteiger partial charge in [-0.3, -0.25) is 44.2 Å². The van der Waals surface area contributed by atoms with E-state index in [2.05, 4.69) is 67.8 Å². The smallest absolute Gasteiger partial charge is 0.328 e. The standard InChI is InChI=1S/C20H24Cl2N4O4.C15H16Cl2N4O3.C13H20N4O4.C7H5BrCl2.C7H13BrO2.C7H8O3S.C6H8N4O2/c1-24-18-17(25(12-23-18)7-9-30-16-4-2-3-8-29-16)19(27)26(20(24)28)11-13-5-6-14(21)15(22)10-13;1-19-13-12(20(4-5-22)8-18-13)14(23)21(15(19)24)7-9-2-3-10(16)11(17)6-9;1-16-11-10(12(18)15-13(16)19)17(8-14-11)5-7-21-9-4-2-3-6-20-9;8-4-5-1-2-6(9)7(10)3-5;8-4-6-10-7-3-1-2-5-9-7;1-6-2-4-7(5-3-6)11(8,9)10;1-10-4-3(7-2-8-4)5(11)9-6(10)12/h5-6,10,12,16-18H,2-4,7-9,11H2,1H3;2-3,6,8,12-13,22H,4-5,7H2,1H3;8-11H,2-7H2,1H3,(H,15,18,19);1-3H,4H2;7H,1-6H2;2-5H,1H3,(H,8,9,10);2-4H,1H3,(H,7,8)(H,9,11,12). The summed E-state index contributed by atoms with van der Waals surface area (Å²) in [6.45, 7) is 7.21. The number of likely N-dealkylation sites (N-methyl/N-ethyl adjacent to an activating group) is 4. The zero-order valence-electron chi connectivity index (χ0n) is 65.1. The van der Waals surface area contributed by atoms with Gasteiger partial charge in [0.2, 0.25) is 0 Å². The molecule has 0 radical (unpaired) electrons. The van der Waals surface area contributed by atoms with E-state index in [0.29, 0.717) is 62.0 Å². The number of carbonyl (C=O) groups excluding carboxylic acids is 8. The van der Waals surface area contributed by atoms with Gasteiger partial charge in [-0.05, 0) is 130 Å². The average molecular weight is 1910 g/mol. The maximum Gasteiger partial charge on any atom is 0.328 e. The summed E-state index contributed by atoms with van der Waals surface area (Å²) in [5.74, 6) is -1.27. The number of amides is 12. The number of aliphatic hydroxyl groups is 1. The Morgan fingerprint density at radius 2 is 0.890 bits per heavy atom. The molecule has 4 aromatic carbocycles. The molecule has 11 aliphatic rings. The van der Waals surface area contributed by atoms with Crippen molar-refractivity contribution < 1.29 is 84.9 Å². The maximum atomic E-state index is 13.2. The molecule has 11 heterocycles. The molecule has 11 atom stereocenters. The predicted molar refractivity (Wildman–Crippen MR) is 450 cm³/mol. The highest BCUT2D eigenvalue weighted by molar-refractivity contribution is 9.09. The fourth-order valence-electron chi connectivity index (χ4n) is 13.3. The minimum atomic E-state index is -4.02. The monoisotopic (exact) mass is 1910 g/mol. The summed E-state index contributed by atoms with van der Waals surface area (Å²) in [5, 5.41) is 20.9.